The number of amides is 1. The first kappa shape index (κ1) is 20.5. The minimum Gasteiger partial charge on any atom is -0.349 e. The number of halogens is 1. The van der Waals surface area contributed by atoms with Crippen molar-refractivity contribution in [3.8, 4) is 0 Å². The van der Waals surface area contributed by atoms with Crippen LogP contribution < -0.4 is 5.32 Å². The molecule has 142 valence electrons. The van der Waals surface area contributed by atoms with Crippen LogP contribution in [0.5, 0.6) is 0 Å². The third-order valence-corrected chi connectivity index (χ3v) is 4.99. The van der Waals surface area contributed by atoms with Crippen LogP contribution in [0.15, 0.2) is 24.3 Å². The van der Waals surface area contributed by atoms with Crippen molar-refractivity contribution in [1.82, 2.24) is 20.0 Å². The molecule has 0 aliphatic heterocycles. The van der Waals surface area contributed by atoms with Crippen LogP contribution in [-0.2, 0) is 18.3 Å². The molecule has 0 aliphatic carbocycles. The summed E-state index contributed by atoms with van der Waals surface area (Å²) < 4.78 is 1.87. The second-order valence-electron chi connectivity index (χ2n) is 7.04. The highest BCUT2D eigenvalue weighted by Gasteiger charge is 2.16. The SMILES string of the molecule is Cc1nn(C)c(C)c1CCC(=O)NC(CCN(C)C)c1ccc(Cl)cc1. The number of benzene rings is 1. The van der Waals surface area contributed by atoms with E-state index >= 15 is 0 Å². The summed E-state index contributed by atoms with van der Waals surface area (Å²) >= 11 is 6.00. The van der Waals surface area contributed by atoms with Crippen LogP contribution in [0.1, 0.15) is 41.4 Å². The Bertz CT molecular complexity index is 737. The summed E-state index contributed by atoms with van der Waals surface area (Å²) in [4.78, 5) is 14.7. The number of carbonyl (C=O) groups excluding carboxylic acids is 1. The fraction of sp³-hybridized carbons (Fsp3) is 0.500. The van der Waals surface area contributed by atoms with E-state index in [1.54, 1.807) is 0 Å². The number of nitrogens with zero attached hydrogens (tertiary/aromatic N) is 3. The number of aryl methyl sites for hydroxylation is 2. The predicted octanol–water partition coefficient (Wildman–Crippen LogP) is 3.43. The van der Waals surface area contributed by atoms with Gasteiger partial charge in [-0.1, -0.05) is 23.7 Å². The summed E-state index contributed by atoms with van der Waals surface area (Å²) in [6.07, 6.45) is 2.02. The van der Waals surface area contributed by atoms with Crippen molar-refractivity contribution in [1.29, 1.82) is 0 Å². The van der Waals surface area contributed by atoms with E-state index in [4.69, 9.17) is 11.6 Å². The first-order chi connectivity index (χ1) is 12.3. The Kier molecular flexibility index (Phi) is 7.23. The number of nitrogens with one attached hydrogen (secondary N) is 1. The van der Waals surface area contributed by atoms with Gasteiger partial charge in [0.1, 0.15) is 0 Å². The molecule has 6 heteroatoms. The zero-order valence-corrected chi connectivity index (χ0v) is 17.1. The van der Waals surface area contributed by atoms with E-state index in [1.165, 1.54) is 5.56 Å². The molecule has 5 nitrogen and oxygen atoms in total. The maximum atomic E-state index is 12.6. The molecule has 1 aromatic heterocycles. The van der Waals surface area contributed by atoms with Crippen molar-refractivity contribution in [3.63, 3.8) is 0 Å². The topological polar surface area (TPSA) is 50.2 Å². The summed E-state index contributed by atoms with van der Waals surface area (Å²) in [6.45, 7) is 4.93. The van der Waals surface area contributed by atoms with Crippen LogP contribution in [0.3, 0.4) is 0 Å². The van der Waals surface area contributed by atoms with Gasteiger partial charge in [-0.05, 0) is 70.6 Å². The largest absolute Gasteiger partial charge is 0.349 e. The van der Waals surface area contributed by atoms with E-state index < -0.39 is 0 Å². The second kappa shape index (κ2) is 9.19. The first-order valence-corrected chi connectivity index (χ1v) is 9.34. The Balaban J connectivity index is 2.01. The van der Waals surface area contributed by atoms with E-state index in [-0.39, 0.29) is 11.9 Å². The molecule has 0 fully saturated rings. The third kappa shape index (κ3) is 5.58. The van der Waals surface area contributed by atoms with Crippen molar-refractivity contribution >= 4 is 17.5 Å². The van der Waals surface area contributed by atoms with Gasteiger partial charge in [0.25, 0.3) is 0 Å². The Labute approximate surface area is 161 Å². The lowest BCUT2D eigenvalue weighted by Crippen LogP contribution is -2.31. The van der Waals surface area contributed by atoms with Crippen LogP contribution in [0.2, 0.25) is 5.02 Å². The van der Waals surface area contributed by atoms with Crippen molar-refractivity contribution in [2.45, 2.75) is 39.2 Å². The molecule has 0 saturated heterocycles. The maximum absolute atomic E-state index is 12.6. The van der Waals surface area contributed by atoms with Gasteiger partial charge in [-0.15, -0.1) is 0 Å². The molecule has 1 heterocycles. The van der Waals surface area contributed by atoms with Crippen molar-refractivity contribution in [2.24, 2.45) is 7.05 Å². The zero-order chi connectivity index (χ0) is 19.3. The fourth-order valence-corrected chi connectivity index (χ4v) is 3.21. The lowest BCUT2D eigenvalue weighted by atomic mass is 10.0. The molecule has 2 rings (SSSR count). The van der Waals surface area contributed by atoms with E-state index in [0.717, 1.165) is 29.9 Å². The first-order valence-electron chi connectivity index (χ1n) is 8.96. The van der Waals surface area contributed by atoms with Gasteiger partial charge in [-0.25, -0.2) is 0 Å². The Morgan fingerprint density at radius 1 is 1.27 bits per heavy atom. The van der Waals surface area contributed by atoms with Gasteiger partial charge in [0, 0.05) is 24.2 Å². The summed E-state index contributed by atoms with van der Waals surface area (Å²) in [7, 11) is 6.01. The predicted molar refractivity (Wildman–Crippen MR) is 107 cm³/mol. The molecule has 1 atom stereocenters. The molecule has 0 spiro atoms. The molecule has 26 heavy (non-hydrogen) atoms. The Morgan fingerprint density at radius 2 is 1.92 bits per heavy atom. The summed E-state index contributed by atoms with van der Waals surface area (Å²) in [6, 6.07) is 7.69. The van der Waals surface area contributed by atoms with Crippen LogP contribution in [0, 0.1) is 13.8 Å². The van der Waals surface area contributed by atoms with Gasteiger partial charge >= 0.3 is 0 Å². The van der Waals surface area contributed by atoms with E-state index in [2.05, 4.69) is 15.3 Å². The molecular formula is C20H29ClN4O. The molecule has 0 saturated carbocycles. The monoisotopic (exact) mass is 376 g/mol. The number of carbonyl (C=O) groups is 1. The quantitative estimate of drug-likeness (QED) is 0.767. The van der Waals surface area contributed by atoms with Gasteiger partial charge in [-0.3, -0.25) is 9.48 Å². The highest BCUT2D eigenvalue weighted by atomic mass is 35.5. The minimum absolute atomic E-state index is 0.0155. The van der Waals surface area contributed by atoms with E-state index in [9.17, 15) is 4.79 Å². The van der Waals surface area contributed by atoms with Gasteiger partial charge in [0.2, 0.25) is 5.91 Å². The molecule has 0 aliphatic rings. The van der Waals surface area contributed by atoms with Crippen molar-refractivity contribution in [3.05, 3.63) is 51.8 Å². The maximum Gasteiger partial charge on any atom is 0.220 e. The van der Waals surface area contributed by atoms with Crippen LogP contribution in [0.4, 0.5) is 0 Å². The van der Waals surface area contributed by atoms with Crippen LogP contribution in [-0.4, -0.2) is 41.2 Å². The Hall–Kier alpha value is -1.85. The average molecular weight is 377 g/mol. The molecule has 1 N–H and O–H groups in total. The molecular weight excluding hydrogens is 348 g/mol. The van der Waals surface area contributed by atoms with E-state index in [0.29, 0.717) is 17.9 Å². The number of aromatic nitrogens is 2. The molecule has 0 bridgehead atoms. The van der Waals surface area contributed by atoms with E-state index in [1.807, 2.05) is 63.9 Å². The highest BCUT2D eigenvalue weighted by Crippen LogP contribution is 2.20. The number of rotatable bonds is 8. The zero-order valence-electron chi connectivity index (χ0n) is 16.3. The Morgan fingerprint density at radius 3 is 2.46 bits per heavy atom. The summed E-state index contributed by atoms with van der Waals surface area (Å²) in [5.41, 5.74) is 4.37. The van der Waals surface area contributed by atoms with Gasteiger partial charge in [0.05, 0.1) is 11.7 Å². The minimum atomic E-state index is -0.0155. The lowest BCUT2D eigenvalue weighted by molar-refractivity contribution is -0.121. The van der Waals surface area contributed by atoms with Gasteiger partial charge in [-0.2, -0.15) is 5.10 Å². The molecule has 1 amide bonds. The summed E-state index contributed by atoms with van der Waals surface area (Å²) in [5.74, 6) is 0.0614. The molecule has 1 unspecified atom stereocenters. The average Bonchev–Trinajstić information content (AvgIpc) is 2.82. The van der Waals surface area contributed by atoms with Crippen molar-refractivity contribution in [2.75, 3.05) is 20.6 Å². The van der Waals surface area contributed by atoms with Gasteiger partial charge < -0.3 is 10.2 Å². The van der Waals surface area contributed by atoms with Crippen LogP contribution in [0.25, 0.3) is 0 Å². The molecule has 2 aromatic rings. The number of hydrogen-bond donors (Lipinski definition) is 1. The summed E-state index contributed by atoms with van der Waals surface area (Å²) in [5, 5.41) is 8.31. The van der Waals surface area contributed by atoms with Crippen molar-refractivity contribution < 1.29 is 4.79 Å². The molecule has 0 radical (unpaired) electrons. The van der Waals surface area contributed by atoms with Crippen LogP contribution >= 0.6 is 11.6 Å². The lowest BCUT2D eigenvalue weighted by Gasteiger charge is -2.21. The fourth-order valence-electron chi connectivity index (χ4n) is 3.09. The van der Waals surface area contributed by atoms with Gasteiger partial charge in [0.15, 0.2) is 0 Å². The second-order valence-corrected chi connectivity index (χ2v) is 7.47. The standard InChI is InChI=1S/C20H29ClN4O/c1-14-18(15(2)25(5)23-14)10-11-20(26)22-19(12-13-24(3)4)16-6-8-17(21)9-7-16/h6-9,19H,10-13H2,1-5H3,(H,22,26). The smallest absolute Gasteiger partial charge is 0.220 e. The number of hydrogen-bond acceptors (Lipinski definition) is 3. The third-order valence-electron chi connectivity index (χ3n) is 4.73. The highest BCUT2D eigenvalue weighted by molar-refractivity contribution is 6.30. The molecule has 1 aromatic carbocycles. The normalized spacial score (nSPS) is 12.4.